The number of halogens is 1. The summed E-state index contributed by atoms with van der Waals surface area (Å²) in [6, 6.07) is 9.47. The third-order valence-electron chi connectivity index (χ3n) is 6.25. The van der Waals surface area contributed by atoms with E-state index >= 15 is 0 Å². The fourth-order valence-corrected chi connectivity index (χ4v) is 4.50. The maximum atomic E-state index is 13.4. The number of hydrogen-bond acceptors (Lipinski definition) is 6. The molecule has 0 spiro atoms. The van der Waals surface area contributed by atoms with Crippen molar-refractivity contribution in [1.82, 2.24) is 15.0 Å². The number of methoxy groups -OCH3 is 1. The van der Waals surface area contributed by atoms with Gasteiger partial charge in [-0.15, -0.1) is 0 Å². The van der Waals surface area contributed by atoms with Gasteiger partial charge in [0.15, 0.2) is 5.58 Å². The van der Waals surface area contributed by atoms with Crippen molar-refractivity contribution in [1.29, 1.82) is 0 Å². The van der Waals surface area contributed by atoms with Crippen LogP contribution in [0.15, 0.2) is 40.9 Å². The number of rotatable bonds is 5. The van der Waals surface area contributed by atoms with Gasteiger partial charge < -0.3 is 14.2 Å². The number of likely N-dealkylation sites (tertiary alicyclic amines) is 1. The highest BCUT2D eigenvalue weighted by Gasteiger charge is 2.36. The van der Waals surface area contributed by atoms with E-state index in [1.165, 1.54) is 24.1 Å². The van der Waals surface area contributed by atoms with Crippen LogP contribution in [-0.4, -0.2) is 60.1 Å². The number of benzene rings is 2. The van der Waals surface area contributed by atoms with E-state index in [4.69, 9.17) is 9.26 Å². The molecule has 0 unspecified atom stereocenters. The number of nitrogens with zero attached hydrogens (tertiary/aromatic N) is 3. The van der Waals surface area contributed by atoms with Crippen molar-refractivity contribution in [2.75, 3.05) is 33.3 Å². The summed E-state index contributed by atoms with van der Waals surface area (Å²) in [4.78, 5) is 28.9. The lowest BCUT2D eigenvalue weighted by Gasteiger charge is -2.32. The molecule has 1 aromatic heterocycles. The number of hydrogen-bond donors (Lipinski definition) is 0. The zero-order valence-corrected chi connectivity index (χ0v) is 17.1. The van der Waals surface area contributed by atoms with Crippen LogP contribution in [0.5, 0.6) is 5.75 Å². The van der Waals surface area contributed by atoms with Crippen LogP contribution >= 0.6 is 0 Å². The molecule has 8 heteroatoms. The molecule has 7 nitrogen and oxygen atoms in total. The molecule has 0 aliphatic carbocycles. The Morgan fingerprint density at radius 3 is 2.61 bits per heavy atom. The molecule has 2 aliphatic rings. The van der Waals surface area contributed by atoms with Crippen molar-refractivity contribution >= 4 is 22.8 Å². The Balaban J connectivity index is 1.20. The number of ether oxygens (including phenoxy) is 1. The molecule has 3 heterocycles. The number of imide groups is 1. The van der Waals surface area contributed by atoms with Crippen LogP contribution in [0.1, 0.15) is 45.2 Å². The summed E-state index contributed by atoms with van der Waals surface area (Å²) in [6.45, 7) is 2.64. The number of aromatic nitrogens is 1. The van der Waals surface area contributed by atoms with Gasteiger partial charge in [-0.25, -0.2) is 4.39 Å². The first-order valence-electron chi connectivity index (χ1n) is 10.4. The van der Waals surface area contributed by atoms with Crippen LogP contribution in [0.2, 0.25) is 0 Å². The second-order valence-corrected chi connectivity index (χ2v) is 8.00. The van der Waals surface area contributed by atoms with Gasteiger partial charge in [0.2, 0.25) is 0 Å². The number of carbonyl (C=O) groups is 2. The molecule has 5 rings (SSSR count). The smallest absolute Gasteiger partial charge is 0.261 e. The van der Waals surface area contributed by atoms with E-state index in [0.717, 1.165) is 37.0 Å². The van der Waals surface area contributed by atoms with Crippen LogP contribution in [0.25, 0.3) is 11.0 Å². The molecule has 1 fully saturated rings. The molecular weight excluding hydrogens is 401 g/mol. The highest BCUT2D eigenvalue weighted by molar-refractivity contribution is 6.21. The number of amides is 2. The average Bonchev–Trinajstić information content (AvgIpc) is 3.31. The van der Waals surface area contributed by atoms with Crippen molar-refractivity contribution in [2.45, 2.75) is 18.8 Å². The third kappa shape index (κ3) is 3.46. The molecule has 2 aromatic carbocycles. The van der Waals surface area contributed by atoms with Gasteiger partial charge >= 0.3 is 0 Å². The number of fused-ring (bicyclic) bond motifs is 2. The van der Waals surface area contributed by atoms with E-state index in [9.17, 15) is 14.0 Å². The summed E-state index contributed by atoms with van der Waals surface area (Å²) in [5.41, 5.74) is 2.18. The highest BCUT2D eigenvalue weighted by Crippen LogP contribution is 2.33. The Bertz CT molecular complexity index is 1170. The zero-order valence-electron chi connectivity index (χ0n) is 17.1. The predicted molar refractivity (Wildman–Crippen MR) is 111 cm³/mol. The van der Waals surface area contributed by atoms with Gasteiger partial charge in [0.25, 0.3) is 11.8 Å². The molecule has 0 atom stereocenters. The Morgan fingerprint density at radius 1 is 1.06 bits per heavy atom. The quantitative estimate of drug-likeness (QED) is 0.585. The third-order valence-corrected chi connectivity index (χ3v) is 6.25. The van der Waals surface area contributed by atoms with E-state index in [0.29, 0.717) is 35.5 Å². The van der Waals surface area contributed by atoms with E-state index in [-0.39, 0.29) is 23.5 Å². The molecule has 3 aromatic rings. The molecule has 0 saturated carbocycles. The second kappa shape index (κ2) is 7.77. The van der Waals surface area contributed by atoms with Gasteiger partial charge in [0.1, 0.15) is 11.6 Å². The Morgan fingerprint density at radius 2 is 1.84 bits per heavy atom. The van der Waals surface area contributed by atoms with E-state index in [1.807, 2.05) is 0 Å². The maximum absolute atomic E-state index is 13.4. The summed E-state index contributed by atoms with van der Waals surface area (Å²) in [6.07, 6.45) is 1.77. The number of piperidine rings is 1. The van der Waals surface area contributed by atoms with Gasteiger partial charge in [-0.1, -0.05) is 5.16 Å². The molecule has 2 aliphatic heterocycles. The second-order valence-electron chi connectivity index (χ2n) is 8.00. The summed E-state index contributed by atoms with van der Waals surface area (Å²) in [5, 5.41) is 5.05. The van der Waals surface area contributed by atoms with Crippen molar-refractivity contribution in [3.05, 3.63) is 59.0 Å². The van der Waals surface area contributed by atoms with Crippen molar-refractivity contribution in [3.8, 4) is 5.75 Å². The molecule has 0 N–H and O–H groups in total. The monoisotopic (exact) mass is 423 g/mol. The standard InChI is InChI=1S/C23H22FN3O4/c1-30-16-3-5-17-19(13-16)23(29)27(22(17)28)11-10-26-8-6-14(7-9-26)21-18-4-2-15(24)12-20(18)31-25-21/h2-5,12-14H,6-11H2,1H3. The predicted octanol–water partition coefficient (Wildman–Crippen LogP) is 3.45. The summed E-state index contributed by atoms with van der Waals surface area (Å²) < 4.78 is 23.8. The molecule has 0 radical (unpaired) electrons. The van der Waals surface area contributed by atoms with E-state index in [1.54, 1.807) is 24.3 Å². The first-order chi connectivity index (χ1) is 15.0. The Kier molecular flexibility index (Phi) is 4.94. The molecule has 160 valence electrons. The lowest BCUT2D eigenvalue weighted by atomic mass is 9.91. The fourth-order valence-electron chi connectivity index (χ4n) is 4.50. The minimum atomic E-state index is -0.336. The van der Waals surface area contributed by atoms with Gasteiger partial charge in [-0.3, -0.25) is 14.5 Å². The summed E-state index contributed by atoms with van der Waals surface area (Å²) in [5.74, 6) is -0.0489. The minimum absolute atomic E-state index is 0.245. The fraction of sp³-hybridized carbons (Fsp3) is 0.348. The van der Waals surface area contributed by atoms with E-state index < -0.39 is 0 Å². The lowest BCUT2D eigenvalue weighted by molar-refractivity contribution is 0.0629. The van der Waals surface area contributed by atoms with Crippen LogP contribution in [0.3, 0.4) is 0 Å². The zero-order chi connectivity index (χ0) is 21.5. The van der Waals surface area contributed by atoms with Crippen molar-refractivity contribution < 1.29 is 23.2 Å². The van der Waals surface area contributed by atoms with Crippen molar-refractivity contribution in [2.24, 2.45) is 0 Å². The lowest BCUT2D eigenvalue weighted by Crippen LogP contribution is -2.41. The van der Waals surface area contributed by atoms with Crippen LogP contribution in [0.4, 0.5) is 4.39 Å². The molecule has 31 heavy (non-hydrogen) atoms. The van der Waals surface area contributed by atoms with Crippen molar-refractivity contribution in [3.63, 3.8) is 0 Å². The summed E-state index contributed by atoms with van der Waals surface area (Å²) in [7, 11) is 1.53. The average molecular weight is 423 g/mol. The van der Waals surface area contributed by atoms with Gasteiger partial charge in [0, 0.05) is 30.5 Å². The Hall–Kier alpha value is -3.26. The highest BCUT2D eigenvalue weighted by atomic mass is 19.1. The van der Waals surface area contributed by atoms with Gasteiger partial charge in [0.05, 0.1) is 23.9 Å². The normalized spacial score (nSPS) is 17.5. The molecular formula is C23H22FN3O4. The molecule has 2 amide bonds. The first kappa shape index (κ1) is 19.7. The minimum Gasteiger partial charge on any atom is -0.497 e. The Labute approximate surface area is 178 Å². The maximum Gasteiger partial charge on any atom is 0.261 e. The number of carbonyl (C=O) groups excluding carboxylic acids is 2. The molecule has 1 saturated heterocycles. The largest absolute Gasteiger partial charge is 0.497 e. The SMILES string of the molecule is COc1ccc2c(c1)C(=O)N(CCN1CCC(c3noc4cc(F)ccc34)CC1)C2=O. The van der Waals surface area contributed by atoms with Crippen LogP contribution < -0.4 is 4.74 Å². The molecule has 0 bridgehead atoms. The van der Waals surface area contributed by atoms with Gasteiger partial charge in [-0.05, 0) is 56.3 Å². The topological polar surface area (TPSA) is 75.9 Å². The van der Waals surface area contributed by atoms with Crippen LogP contribution in [-0.2, 0) is 0 Å². The summed E-state index contributed by atoms with van der Waals surface area (Å²) >= 11 is 0. The van der Waals surface area contributed by atoms with Gasteiger partial charge in [-0.2, -0.15) is 0 Å². The first-order valence-corrected chi connectivity index (χ1v) is 10.4. The van der Waals surface area contributed by atoms with E-state index in [2.05, 4.69) is 10.1 Å². The van der Waals surface area contributed by atoms with Crippen LogP contribution in [0, 0.1) is 5.82 Å².